The molecule has 0 bridgehead atoms. The molecule has 0 spiro atoms. The molecule has 0 aliphatic rings. The predicted octanol–water partition coefficient (Wildman–Crippen LogP) is 11.4. The Kier molecular flexibility index (Phi) is 9.96. The monoisotopic (exact) mass is 688 g/mol. The van der Waals surface area contributed by atoms with Crippen LogP contribution in [0.15, 0.2) is 109 Å². The minimum Gasteiger partial charge on any atom is -0.358 e. The summed E-state index contributed by atoms with van der Waals surface area (Å²) < 4.78 is 0. The van der Waals surface area contributed by atoms with Crippen LogP contribution in [0.25, 0.3) is 43.8 Å². The van der Waals surface area contributed by atoms with E-state index in [4.69, 9.17) is 0 Å². The van der Waals surface area contributed by atoms with Gasteiger partial charge < -0.3 is 14.9 Å². The first-order valence-corrected chi connectivity index (χ1v) is 13.6. The topological polar surface area (TPSA) is 0 Å². The van der Waals surface area contributed by atoms with Gasteiger partial charge in [0.15, 0.2) is 0 Å². The van der Waals surface area contributed by atoms with Gasteiger partial charge in [-0.2, -0.15) is 12.1 Å². The molecular formula is C39H40Hf. The van der Waals surface area contributed by atoms with Crippen LogP contribution in [-0.2, 0) is 31.3 Å². The molecule has 6 aromatic carbocycles. The van der Waals surface area contributed by atoms with Gasteiger partial charge in [0.25, 0.3) is 0 Å². The van der Waals surface area contributed by atoms with Gasteiger partial charge in [-0.1, -0.05) is 85.6 Å². The van der Waals surface area contributed by atoms with Crippen LogP contribution in [0.2, 0.25) is 0 Å². The quantitative estimate of drug-likeness (QED) is 0.121. The van der Waals surface area contributed by atoms with Gasteiger partial charge in [0.05, 0.1) is 0 Å². The van der Waals surface area contributed by atoms with Crippen molar-refractivity contribution in [2.45, 2.75) is 46.0 Å². The molecule has 0 amide bonds. The summed E-state index contributed by atoms with van der Waals surface area (Å²) in [6.07, 6.45) is 2.13. The van der Waals surface area contributed by atoms with Crippen LogP contribution in [0.3, 0.4) is 0 Å². The van der Waals surface area contributed by atoms with Crippen molar-refractivity contribution in [2.24, 2.45) is 0 Å². The first-order valence-electron chi connectivity index (χ1n) is 13.6. The number of hydrogen-bond donors (Lipinski definition) is 0. The summed E-state index contributed by atoms with van der Waals surface area (Å²) in [5.41, 5.74) is 10.8. The molecular weight excluding hydrogens is 647 g/mol. The van der Waals surface area contributed by atoms with Crippen molar-refractivity contribution in [3.8, 4) is 22.3 Å². The summed E-state index contributed by atoms with van der Waals surface area (Å²) in [4.78, 5) is 0. The predicted molar refractivity (Wildman–Crippen MR) is 174 cm³/mol. The van der Waals surface area contributed by atoms with Gasteiger partial charge in [0.2, 0.25) is 0 Å². The fourth-order valence-electron chi connectivity index (χ4n) is 6.48. The summed E-state index contributed by atoms with van der Waals surface area (Å²) in [5, 5.41) is 5.38. The maximum Gasteiger partial charge on any atom is 4.00 e. The standard InChI is InChI=1S/C37H34.2CH3.Hf/c1-5-37(6-2,29-21-27-15-11-19-33(35(27)23-29)31-17-9-7-13-25(31)3)30-22-28-16-12-20-34(36(28)24-30)32-18-10-8-14-26(32)4;;;/h7-24H,5-6H2,1-4H3;2*1H3;/q-2;2*-1;+4. The molecule has 0 heterocycles. The Hall–Kier alpha value is -3.03. The van der Waals surface area contributed by atoms with Crippen molar-refractivity contribution in [3.63, 3.8) is 0 Å². The van der Waals surface area contributed by atoms with Crippen LogP contribution in [0.5, 0.6) is 0 Å². The summed E-state index contributed by atoms with van der Waals surface area (Å²) in [6.45, 7) is 9.12. The van der Waals surface area contributed by atoms with E-state index in [9.17, 15) is 0 Å². The van der Waals surface area contributed by atoms with Crippen molar-refractivity contribution < 1.29 is 25.8 Å². The van der Waals surface area contributed by atoms with Crippen LogP contribution in [0, 0.1) is 28.7 Å². The van der Waals surface area contributed by atoms with Crippen LogP contribution < -0.4 is 0 Å². The zero-order valence-corrected chi connectivity index (χ0v) is 28.4. The Morgan fingerprint density at radius 1 is 0.525 bits per heavy atom. The second kappa shape index (κ2) is 12.6. The molecule has 0 saturated heterocycles. The SMILES string of the molecule is CCC(CC)(c1cc2c(-c3ccccc3C)cccc2[cH-]1)c1cc2c(-c3ccccc3C)cccc2[cH-]1.[CH3-].[CH3-].[Hf+4]. The molecule has 0 aliphatic carbocycles. The van der Waals surface area contributed by atoms with E-state index in [1.807, 2.05) is 0 Å². The Balaban J connectivity index is 0.00000147. The van der Waals surface area contributed by atoms with E-state index >= 15 is 0 Å². The molecule has 6 aromatic rings. The van der Waals surface area contributed by atoms with Crippen molar-refractivity contribution in [1.29, 1.82) is 0 Å². The van der Waals surface area contributed by atoms with Crippen molar-refractivity contribution in [3.05, 3.63) is 146 Å². The fourth-order valence-corrected chi connectivity index (χ4v) is 6.48. The number of benzene rings is 4. The second-order valence-electron chi connectivity index (χ2n) is 10.5. The molecule has 0 saturated carbocycles. The van der Waals surface area contributed by atoms with E-state index in [1.165, 1.54) is 66.1 Å². The number of aryl methyl sites for hydroxylation is 2. The summed E-state index contributed by atoms with van der Waals surface area (Å²) in [6, 6.07) is 40.8. The molecule has 0 aliphatic heterocycles. The van der Waals surface area contributed by atoms with Crippen LogP contribution in [-0.4, -0.2) is 0 Å². The van der Waals surface area contributed by atoms with E-state index in [2.05, 4.69) is 137 Å². The Morgan fingerprint density at radius 2 is 0.900 bits per heavy atom. The molecule has 1 heteroatoms. The molecule has 0 fully saturated rings. The van der Waals surface area contributed by atoms with Gasteiger partial charge in [-0.05, 0) is 54.4 Å². The normalized spacial score (nSPS) is 11.1. The van der Waals surface area contributed by atoms with Crippen LogP contribution in [0.4, 0.5) is 0 Å². The van der Waals surface area contributed by atoms with Gasteiger partial charge in [-0.3, -0.25) is 0 Å². The van der Waals surface area contributed by atoms with Gasteiger partial charge in [-0.25, -0.2) is 0 Å². The Bertz CT molecular complexity index is 1600. The third-order valence-corrected chi connectivity index (χ3v) is 8.68. The Morgan fingerprint density at radius 3 is 1.27 bits per heavy atom. The minimum absolute atomic E-state index is 0. The Labute approximate surface area is 260 Å². The minimum atomic E-state index is -0.0238. The molecule has 200 valence electrons. The van der Waals surface area contributed by atoms with Gasteiger partial charge in [0, 0.05) is 0 Å². The summed E-state index contributed by atoms with van der Waals surface area (Å²) >= 11 is 0. The zero-order valence-electron chi connectivity index (χ0n) is 24.8. The molecule has 40 heavy (non-hydrogen) atoms. The first-order chi connectivity index (χ1) is 18.1. The van der Waals surface area contributed by atoms with E-state index in [1.54, 1.807) is 0 Å². The smallest absolute Gasteiger partial charge is 0.358 e. The molecule has 0 unspecified atom stereocenters. The molecule has 0 atom stereocenters. The first kappa shape index (κ1) is 31.5. The van der Waals surface area contributed by atoms with E-state index in [-0.39, 0.29) is 46.1 Å². The van der Waals surface area contributed by atoms with Gasteiger partial charge in [0.1, 0.15) is 0 Å². The number of rotatable bonds is 6. The average Bonchev–Trinajstić information content (AvgIpc) is 3.56. The van der Waals surface area contributed by atoms with Crippen molar-refractivity contribution in [2.75, 3.05) is 0 Å². The van der Waals surface area contributed by atoms with E-state index in [0.717, 1.165) is 12.8 Å². The van der Waals surface area contributed by atoms with Crippen LogP contribution in [0.1, 0.15) is 48.9 Å². The number of hydrogen-bond acceptors (Lipinski definition) is 0. The van der Waals surface area contributed by atoms with Gasteiger partial charge in [-0.15, -0.1) is 69.1 Å². The van der Waals surface area contributed by atoms with E-state index in [0.29, 0.717) is 0 Å². The van der Waals surface area contributed by atoms with Gasteiger partial charge >= 0.3 is 25.8 Å². The fraction of sp³-hybridized carbons (Fsp3) is 0.179. The molecule has 0 N–H and O–H groups in total. The maximum absolute atomic E-state index is 2.48. The third kappa shape index (κ3) is 5.10. The van der Waals surface area contributed by atoms with E-state index < -0.39 is 0 Å². The van der Waals surface area contributed by atoms with Crippen molar-refractivity contribution in [1.82, 2.24) is 0 Å². The van der Waals surface area contributed by atoms with Crippen molar-refractivity contribution >= 4 is 21.5 Å². The summed E-state index contributed by atoms with van der Waals surface area (Å²) in [5.74, 6) is 0. The maximum atomic E-state index is 2.48. The average molecular weight is 687 g/mol. The molecule has 0 aromatic heterocycles. The largest absolute Gasteiger partial charge is 4.00 e. The summed E-state index contributed by atoms with van der Waals surface area (Å²) in [7, 11) is 0. The molecule has 0 nitrogen and oxygen atoms in total. The molecule has 0 radical (unpaired) electrons. The second-order valence-corrected chi connectivity index (χ2v) is 10.5. The van der Waals surface area contributed by atoms with Crippen LogP contribution >= 0.6 is 0 Å². The third-order valence-electron chi connectivity index (χ3n) is 8.68. The number of fused-ring (bicyclic) bond motifs is 2. The molecule has 6 rings (SSSR count). The zero-order chi connectivity index (χ0) is 25.6.